The minimum atomic E-state index is -0.692. The molecule has 3 nitrogen and oxygen atoms in total. The minimum absolute atomic E-state index is 0.206. The first-order chi connectivity index (χ1) is 3.80. The average Bonchev–Trinajstić information content (AvgIpc) is 2.12. The number of rotatable bonds is 1. The van der Waals surface area contributed by atoms with Gasteiger partial charge >= 0.3 is 52.9 Å². The summed E-state index contributed by atoms with van der Waals surface area (Å²) < 4.78 is 0. The van der Waals surface area contributed by atoms with Crippen LogP contribution in [0.15, 0.2) is 0 Å². The van der Waals surface area contributed by atoms with Crippen molar-refractivity contribution in [3.8, 4) is 0 Å². The predicted molar refractivity (Wildman–Crippen MR) is 30.0 cm³/mol. The van der Waals surface area contributed by atoms with Gasteiger partial charge in [-0.3, -0.25) is 0 Å². The Balaban J connectivity index is 2.35. The molecule has 0 bridgehead atoms. The van der Waals surface area contributed by atoms with Gasteiger partial charge in [-0.15, -0.1) is 0 Å². The summed E-state index contributed by atoms with van der Waals surface area (Å²) in [5.41, 5.74) is 0. The molecule has 4 heteroatoms. The Morgan fingerprint density at radius 2 is 2.62 bits per heavy atom. The first kappa shape index (κ1) is 6.08. The molecule has 2 N–H and O–H groups in total. The molecule has 1 atom stereocenters. The molecule has 0 amide bonds. The van der Waals surface area contributed by atoms with Crippen LogP contribution in [0.2, 0.25) is 5.32 Å². The van der Waals surface area contributed by atoms with E-state index in [9.17, 15) is 4.79 Å². The summed E-state index contributed by atoms with van der Waals surface area (Å²) in [6, 6.07) is 0. The van der Waals surface area contributed by atoms with E-state index in [1.807, 2.05) is 0 Å². The quantitative estimate of drug-likeness (QED) is 0.515. The van der Waals surface area contributed by atoms with Crippen LogP contribution in [0.1, 0.15) is 0 Å². The number of hydrogen-bond acceptors (Lipinski definition) is 2. The van der Waals surface area contributed by atoms with Crippen LogP contribution >= 0.6 is 0 Å². The Labute approximate surface area is 53.6 Å². The van der Waals surface area contributed by atoms with Crippen molar-refractivity contribution in [2.75, 3.05) is 6.54 Å². The van der Waals surface area contributed by atoms with Crippen molar-refractivity contribution >= 4 is 20.9 Å². The zero-order valence-electron chi connectivity index (χ0n) is 4.26. The first-order valence-corrected chi connectivity index (χ1v) is 4.58. The molecule has 1 aliphatic rings. The van der Waals surface area contributed by atoms with Gasteiger partial charge in [-0.2, -0.15) is 0 Å². The fraction of sp³-hybridized carbons (Fsp3) is 0.750. The molecule has 0 unspecified atom stereocenters. The molecule has 0 saturated carbocycles. The van der Waals surface area contributed by atoms with Gasteiger partial charge in [0.25, 0.3) is 0 Å². The van der Waals surface area contributed by atoms with Crippen LogP contribution in [0.5, 0.6) is 0 Å². The third kappa shape index (κ3) is 1.22. The van der Waals surface area contributed by atoms with Gasteiger partial charge in [-0.25, -0.2) is 0 Å². The zero-order chi connectivity index (χ0) is 5.98. The van der Waals surface area contributed by atoms with E-state index in [2.05, 4.69) is 5.32 Å². The van der Waals surface area contributed by atoms with Crippen molar-refractivity contribution in [3.63, 3.8) is 0 Å². The molecule has 46 valence electrons. The Kier molecular flexibility index (Phi) is 1.89. The molecule has 0 aliphatic carbocycles. The van der Waals surface area contributed by atoms with Crippen molar-refractivity contribution in [1.82, 2.24) is 5.32 Å². The molecule has 0 aromatic carbocycles. The van der Waals surface area contributed by atoms with Crippen LogP contribution in [-0.2, 0) is 4.79 Å². The van der Waals surface area contributed by atoms with Gasteiger partial charge in [-0.05, 0) is 0 Å². The van der Waals surface area contributed by atoms with Crippen molar-refractivity contribution in [1.29, 1.82) is 0 Å². The summed E-state index contributed by atoms with van der Waals surface area (Å²) in [6.07, 6.45) is 0. The number of carboxylic acid groups (broad SMARTS) is 1. The molecule has 1 aliphatic heterocycles. The molecule has 1 fully saturated rings. The van der Waals surface area contributed by atoms with Crippen LogP contribution in [0, 0.1) is 0 Å². The third-order valence-electron chi connectivity index (χ3n) is 0.941. The summed E-state index contributed by atoms with van der Waals surface area (Å²) in [5.74, 6) is -0.692. The Bertz CT molecular complexity index is 100. The van der Waals surface area contributed by atoms with E-state index in [1.165, 1.54) is 0 Å². The number of carbonyl (C=O) groups is 1. The molecule has 1 saturated heterocycles. The Hall–Kier alpha value is -0.0505. The average molecular weight is 180 g/mol. The fourth-order valence-electron chi connectivity index (χ4n) is 0.584. The summed E-state index contributed by atoms with van der Waals surface area (Å²) in [5, 5.41) is 12.3. The van der Waals surface area contributed by atoms with E-state index >= 15 is 0 Å². The van der Waals surface area contributed by atoms with Crippen molar-refractivity contribution in [3.05, 3.63) is 0 Å². The van der Waals surface area contributed by atoms with Crippen molar-refractivity contribution < 1.29 is 9.90 Å². The van der Waals surface area contributed by atoms with Crippen LogP contribution in [0.25, 0.3) is 0 Å². The normalized spacial score (nSPS) is 28.2. The molecular weight excluding hydrogens is 173 g/mol. The van der Waals surface area contributed by atoms with Crippen LogP contribution in [0.4, 0.5) is 0 Å². The standard InChI is InChI=1S/C4H7NO2Se/c6-4(7)3-5-1-2-8-3/h3,5H,1-2H2,(H,6,7)/t3-/m0/s1. The monoisotopic (exact) mass is 181 g/mol. The molecule has 1 rings (SSSR count). The number of aliphatic carboxylic acids is 1. The zero-order valence-corrected chi connectivity index (χ0v) is 5.97. The molecule has 0 aromatic rings. The third-order valence-corrected chi connectivity index (χ3v) is 3.34. The van der Waals surface area contributed by atoms with Crippen LogP contribution in [-0.4, -0.2) is 37.5 Å². The van der Waals surface area contributed by atoms with Crippen LogP contribution in [0.3, 0.4) is 0 Å². The summed E-state index contributed by atoms with van der Waals surface area (Å²) >= 11 is 0.297. The molecule has 0 radical (unpaired) electrons. The van der Waals surface area contributed by atoms with Gasteiger partial charge in [0, 0.05) is 0 Å². The maximum absolute atomic E-state index is 10.2. The molecule has 1 heterocycles. The number of hydrogen-bond donors (Lipinski definition) is 2. The second kappa shape index (κ2) is 2.48. The second-order valence-electron chi connectivity index (χ2n) is 1.54. The van der Waals surface area contributed by atoms with Crippen molar-refractivity contribution in [2.24, 2.45) is 0 Å². The van der Waals surface area contributed by atoms with Crippen molar-refractivity contribution in [2.45, 2.75) is 10.3 Å². The van der Waals surface area contributed by atoms with Gasteiger partial charge in [0.1, 0.15) is 0 Å². The van der Waals surface area contributed by atoms with Crippen LogP contribution < -0.4 is 5.32 Å². The molecule has 8 heavy (non-hydrogen) atoms. The summed E-state index contributed by atoms with van der Waals surface area (Å²) in [4.78, 5) is 9.95. The van der Waals surface area contributed by atoms with E-state index in [-0.39, 0.29) is 4.94 Å². The number of carboxylic acids is 1. The van der Waals surface area contributed by atoms with Gasteiger partial charge in [0.05, 0.1) is 0 Å². The topological polar surface area (TPSA) is 49.3 Å². The molecule has 0 aromatic heterocycles. The number of nitrogens with one attached hydrogen (secondary N) is 1. The first-order valence-electron chi connectivity index (χ1n) is 2.38. The van der Waals surface area contributed by atoms with Gasteiger partial charge in [0.15, 0.2) is 0 Å². The van der Waals surface area contributed by atoms with E-state index in [1.54, 1.807) is 0 Å². The summed E-state index contributed by atoms with van der Waals surface area (Å²) in [7, 11) is 0. The molecular formula is C4H7NO2Se. The van der Waals surface area contributed by atoms with E-state index in [4.69, 9.17) is 5.11 Å². The van der Waals surface area contributed by atoms with Gasteiger partial charge < -0.3 is 0 Å². The summed E-state index contributed by atoms with van der Waals surface area (Å²) in [6.45, 7) is 0.886. The predicted octanol–water partition coefficient (Wildman–Crippen LogP) is -0.877. The fourth-order valence-corrected chi connectivity index (χ4v) is 2.37. The SMILES string of the molecule is O=C(O)[C@H]1NCC[Se]1. The van der Waals surface area contributed by atoms with Gasteiger partial charge in [0.2, 0.25) is 0 Å². The van der Waals surface area contributed by atoms with E-state index in [0.29, 0.717) is 15.0 Å². The second-order valence-corrected chi connectivity index (χ2v) is 4.09. The Morgan fingerprint density at radius 1 is 1.88 bits per heavy atom. The van der Waals surface area contributed by atoms with Gasteiger partial charge in [-0.1, -0.05) is 0 Å². The molecule has 0 spiro atoms. The van der Waals surface area contributed by atoms with E-state index < -0.39 is 5.97 Å². The maximum atomic E-state index is 10.2. The Morgan fingerprint density at radius 3 is 2.88 bits per heavy atom. The van der Waals surface area contributed by atoms with E-state index in [0.717, 1.165) is 11.9 Å².